The molecule has 34 heavy (non-hydrogen) atoms. The van der Waals surface area contributed by atoms with Crippen LogP contribution in [0.15, 0.2) is 71.8 Å². The first-order chi connectivity index (χ1) is 16.3. The highest BCUT2D eigenvalue weighted by molar-refractivity contribution is 6.39. The average Bonchev–Trinajstić information content (AvgIpc) is 2.82. The van der Waals surface area contributed by atoms with Gasteiger partial charge in [0.25, 0.3) is 5.91 Å². The van der Waals surface area contributed by atoms with Crippen LogP contribution in [0.2, 0.25) is 5.02 Å². The zero-order chi connectivity index (χ0) is 24.5. The largest absolute Gasteiger partial charge is 0.484 e. The minimum Gasteiger partial charge on any atom is -0.484 e. The number of carbonyl (C=O) groups excluding carboxylic acids is 3. The number of anilines is 2. The van der Waals surface area contributed by atoms with Crippen molar-refractivity contribution in [3.05, 3.63) is 88.4 Å². The topological polar surface area (TPSA) is 109 Å². The molecular formula is C25H23ClN4O4. The van der Waals surface area contributed by atoms with Gasteiger partial charge in [-0.1, -0.05) is 41.9 Å². The lowest BCUT2D eigenvalue weighted by atomic mass is 10.1. The zero-order valence-corrected chi connectivity index (χ0v) is 19.3. The lowest BCUT2D eigenvalue weighted by Gasteiger charge is -2.09. The molecule has 3 amide bonds. The van der Waals surface area contributed by atoms with E-state index in [1.54, 1.807) is 60.7 Å². The number of nitrogens with one attached hydrogen (secondary N) is 3. The van der Waals surface area contributed by atoms with E-state index < -0.39 is 11.8 Å². The van der Waals surface area contributed by atoms with E-state index in [0.29, 0.717) is 27.7 Å². The second-order valence-corrected chi connectivity index (χ2v) is 7.75. The van der Waals surface area contributed by atoms with Crippen LogP contribution in [0.25, 0.3) is 0 Å². The summed E-state index contributed by atoms with van der Waals surface area (Å²) < 4.78 is 5.50. The molecule has 0 spiro atoms. The minimum absolute atomic E-state index is 0.221. The number of nitrogens with zero attached hydrogens (tertiary/aromatic N) is 1. The number of hydrazone groups is 1. The molecule has 0 saturated heterocycles. The molecule has 0 aliphatic rings. The summed E-state index contributed by atoms with van der Waals surface area (Å²) in [6.45, 7) is 3.65. The molecule has 0 aliphatic heterocycles. The molecule has 9 heteroatoms. The van der Waals surface area contributed by atoms with E-state index in [4.69, 9.17) is 16.3 Å². The third kappa shape index (κ3) is 7.18. The van der Waals surface area contributed by atoms with Crippen LogP contribution in [0.5, 0.6) is 5.75 Å². The Morgan fingerprint density at radius 1 is 0.912 bits per heavy atom. The molecule has 0 atom stereocenters. The van der Waals surface area contributed by atoms with Gasteiger partial charge in [-0.15, -0.1) is 0 Å². The van der Waals surface area contributed by atoms with Gasteiger partial charge in [0.1, 0.15) is 5.75 Å². The van der Waals surface area contributed by atoms with Crippen LogP contribution in [0.1, 0.15) is 16.7 Å². The number of amides is 3. The van der Waals surface area contributed by atoms with E-state index in [1.807, 2.05) is 19.9 Å². The second-order valence-electron chi connectivity index (χ2n) is 7.34. The Kier molecular flexibility index (Phi) is 8.37. The van der Waals surface area contributed by atoms with Gasteiger partial charge in [0.2, 0.25) is 0 Å². The fourth-order valence-electron chi connectivity index (χ4n) is 2.81. The maximum Gasteiger partial charge on any atom is 0.329 e. The fourth-order valence-corrected chi connectivity index (χ4v) is 2.99. The molecule has 8 nitrogen and oxygen atoms in total. The van der Waals surface area contributed by atoms with Crippen LogP contribution in [0, 0.1) is 13.8 Å². The molecule has 0 saturated carbocycles. The van der Waals surface area contributed by atoms with Gasteiger partial charge >= 0.3 is 11.8 Å². The van der Waals surface area contributed by atoms with Gasteiger partial charge in [-0.05, 0) is 66.9 Å². The summed E-state index contributed by atoms with van der Waals surface area (Å²) in [4.78, 5) is 36.1. The Labute approximate surface area is 202 Å². The molecule has 174 valence electrons. The molecule has 0 unspecified atom stereocenters. The Morgan fingerprint density at radius 3 is 2.47 bits per heavy atom. The molecule has 3 rings (SSSR count). The highest BCUT2D eigenvalue weighted by atomic mass is 35.5. The standard InChI is InChI=1S/C25H23ClN4O4/c1-16-10-11-19(12-17(16)2)28-24(32)25(33)30-27-14-18-6-5-7-20(13-18)34-15-23(31)29-22-9-4-3-8-21(22)26/h3-14H,15H2,1-2H3,(H,28,32)(H,29,31)(H,30,33)/b27-14-. The first kappa shape index (κ1) is 24.5. The number of carbonyl (C=O) groups is 3. The van der Waals surface area contributed by atoms with Crippen molar-refractivity contribution in [3.63, 3.8) is 0 Å². The molecule has 0 aliphatic carbocycles. The number of aryl methyl sites for hydroxylation is 2. The molecule has 0 aromatic heterocycles. The molecule has 0 fully saturated rings. The number of benzene rings is 3. The van der Waals surface area contributed by atoms with Crippen molar-refractivity contribution in [1.29, 1.82) is 0 Å². The fraction of sp³-hybridized carbons (Fsp3) is 0.120. The summed E-state index contributed by atoms with van der Waals surface area (Å²) in [6, 6.07) is 19.0. The number of para-hydroxylation sites is 1. The van der Waals surface area contributed by atoms with Gasteiger partial charge < -0.3 is 15.4 Å². The van der Waals surface area contributed by atoms with Crippen LogP contribution in [-0.2, 0) is 14.4 Å². The van der Waals surface area contributed by atoms with Crippen LogP contribution < -0.4 is 20.8 Å². The maximum absolute atomic E-state index is 12.1. The predicted molar refractivity (Wildman–Crippen MR) is 132 cm³/mol. The van der Waals surface area contributed by atoms with E-state index in [9.17, 15) is 14.4 Å². The summed E-state index contributed by atoms with van der Waals surface area (Å²) in [5.41, 5.74) is 5.88. The van der Waals surface area contributed by atoms with Gasteiger partial charge in [-0.3, -0.25) is 14.4 Å². The normalized spacial score (nSPS) is 10.6. The highest BCUT2D eigenvalue weighted by Gasteiger charge is 2.13. The van der Waals surface area contributed by atoms with Crippen LogP contribution in [-0.4, -0.2) is 30.5 Å². The molecule has 3 N–H and O–H groups in total. The van der Waals surface area contributed by atoms with Crippen LogP contribution in [0.3, 0.4) is 0 Å². The third-order valence-electron chi connectivity index (χ3n) is 4.73. The first-order valence-corrected chi connectivity index (χ1v) is 10.7. The summed E-state index contributed by atoms with van der Waals surface area (Å²) >= 11 is 6.02. The van der Waals surface area contributed by atoms with Crippen molar-refractivity contribution in [1.82, 2.24) is 5.43 Å². The first-order valence-electron chi connectivity index (χ1n) is 10.3. The van der Waals surface area contributed by atoms with Crippen molar-refractivity contribution >= 4 is 46.9 Å². The monoisotopic (exact) mass is 478 g/mol. The van der Waals surface area contributed by atoms with Crippen molar-refractivity contribution in [2.45, 2.75) is 13.8 Å². The number of rotatable bonds is 7. The highest BCUT2D eigenvalue weighted by Crippen LogP contribution is 2.20. The van der Waals surface area contributed by atoms with Crippen molar-refractivity contribution in [2.75, 3.05) is 17.2 Å². The number of halogens is 1. The van der Waals surface area contributed by atoms with Gasteiger partial charge in [0.15, 0.2) is 6.61 Å². The van der Waals surface area contributed by atoms with E-state index >= 15 is 0 Å². The van der Waals surface area contributed by atoms with E-state index in [-0.39, 0.29) is 12.5 Å². The molecule has 3 aromatic rings. The summed E-state index contributed by atoms with van der Waals surface area (Å²) in [7, 11) is 0. The third-order valence-corrected chi connectivity index (χ3v) is 5.06. The van der Waals surface area contributed by atoms with E-state index in [2.05, 4.69) is 21.2 Å². The quantitative estimate of drug-likeness (QED) is 0.270. The molecule has 0 bridgehead atoms. The van der Waals surface area contributed by atoms with Gasteiger partial charge in [-0.25, -0.2) is 5.43 Å². The Morgan fingerprint density at radius 2 is 1.71 bits per heavy atom. The van der Waals surface area contributed by atoms with Crippen molar-refractivity contribution < 1.29 is 19.1 Å². The number of hydrogen-bond donors (Lipinski definition) is 3. The average molecular weight is 479 g/mol. The van der Waals surface area contributed by atoms with Gasteiger partial charge in [-0.2, -0.15) is 5.10 Å². The lowest BCUT2D eigenvalue weighted by molar-refractivity contribution is -0.136. The van der Waals surface area contributed by atoms with Crippen LogP contribution in [0.4, 0.5) is 11.4 Å². The summed E-state index contributed by atoms with van der Waals surface area (Å²) in [5.74, 6) is -1.67. The van der Waals surface area contributed by atoms with Crippen molar-refractivity contribution in [2.24, 2.45) is 5.10 Å². The Hall–Kier alpha value is -4.17. The maximum atomic E-state index is 12.1. The molecular weight excluding hydrogens is 456 g/mol. The number of ether oxygens (including phenoxy) is 1. The van der Waals surface area contributed by atoms with Gasteiger partial charge in [0.05, 0.1) is 16.9 Å². The Balaban J connectivity index is 1.49. The minimum atomic E-state index is -0.905. The number of hydrogen-bond acceptors (Lipinski definition) is 5. The van der Waals surface area contributed by atoms with Gasteiger partial charge in [0, 0.05) is 5.69 Å². The van der Waals surface area contributed by atoms with Crippen molar-refractivity contribution in [3.8, 4) is 5.75 Å². The summed E-state index contributed by atoms with van der Waals surface area (Å²) in [6.07, 6.45) is 1.36. The zero-order valence-electron chi connectivity index (χ0n) is 18.6. The predicted octanol–water partition coefficient (Wildman–Crippen LogP) is 4.06. The smallest absolute Gasteiger partial charge is 0.329 e. The van der Waals surface area contributed by atoms with E-state index in [0.717, 1.165) is 11.1 Å². The Bertz CT molecular complexity index is 1240. The summed E-state index contributed by atoms with van der Waals surface area (Å²) in [5, 5.41) is 9.42. The second kappa shape index (κ2) is 11.6. The van der Waals surface area contributed by atoms with Crippen LogP contribution >= 0.6 is 11.6 Å². The molecule has 0 heterocycles. The lowest BCUT2D eigenvalue weighted by Crippen LogP contribution is -2.32. The molecule has 0 radical (unpaired) electrons. The van der Waals surface area contributed by atoms with E-state index in [1.165, 1.54) is 6.21 Å². The molecule has 3 aromatic carbocycles. The SMILES string of the molecule is Cc1ccc(NC(=O)C(=O)N/N=C\c2cccc(OCC(=O)Nc3ccccc3Cl)c2)cc1C.